The largest absolute Gasteiger partial charge is 0.394 e. The van der Waals surface area contributed by atoms with Crippen LogP contribution in [0.2, 0.25) is 0 Å². The highest BCUT2D eigenvalue weighted by Gasteiger charge is 2.48. The summed E-state index contributed by atoms with van der Waals surface area (Å²) >= 11 is 0.779. The first-order chi connectivity index (χ1) is 19.0. The van der Waals surface area contributed by atoms with E-state index in [4.69, 9.17) is 4.74 Å². The van der Waals surface area contributed by atoms with Crippen molar-refractivity contribution in [2.45, 2.75) is 48.1 Å². The molecule has 1 aliphatic rings. The van der Waals surface area contributed by atoms with Crippen molar-refractivity contribution in [3.8, 4) is 11.3 Å². The van der Waals surface area contributed by atoms with Crippen LogP contribution in [0.4, 0.5) is 13.2 Å². The molecule has 0 saturated carbocycles. The number of nitrogens with zero attached hydrogens (tertiary/aromatic N) is 6. The van der Waals surface area contributed by atoms with Gasteiger partial charge in [-0.15, -0.1) is 16.9 Å². The van der Waals surface area contributed by atoms with Gasteiger partial charge in [0.1, 0.15) is 46.8 Å². The lowest BCUT2D eigenvalue weighted by atomic mass is 9.97. The minimum atomic E-state index is -1.65. The molecule has 218 valence electrons. The van der Waals surface area contributed by atoms with Gasteiger partial charge in [-0.1, -0.05) is 5.21 Å². The van der Waals surface area contributed by atoms with Crippen LogP contribution in [0, 0.1) is 17.5 Å². The highest BCUT2D eigenvalue weighted by molar-refractivity contribution is 8.01. The second-order valence-corrected chi connectivity index (χ2v) is 10.5. The van der Waals surface area contributed by atoms with Gasteiger partial charge in [0.05, 0.1) is 18.5 Å². The molecule has 1 aromatic carbocycles. The highest BCUT2D eigenvalue weighted by atomic mass is 32.2. The van der Waals surface area contributed by atoms with Crippen molar-refractivity contribution in [1.29, 1.82) is 0 Å². The molecule has 12 nitrogen and oxygen atoms in total. The Morgan fingerprint density at radius 3 is 2.48 bits per heavy atom. The molecule has 40 heavy (non-hydrogen) atoms. The van der Waals surface area contributed by atoms with E-state index in [1.807, 2.05) is 0 Å². The van der Waals surface area contributed by atoms with E-state index < -0.39 is 71.1 Å². The quantitative estimate of drug-likeness (QED) is 0.259. The fourth-order valence-corrected chi connectivity index (χ4v) is 5.68. The van der Waals surface area contributed by atoms with Crippen molar-refractivity contribution < 1.29 is 43.1 Å². The summed E-state index contributed by atoms with van der Waals surface area (Å²) in [6.07, 6.45) is -2.97. The molecule has 1 saturated heterocycles. The average molecular weight is 587 g/mol. The zero-order valence-corrected chi connectivity index (χ0v) is 22.5. The highest BCUT2D eigenvalue weighted by Crippen LogP contribution is 2.40. The first-order valence-corrected chi connectivity index (χ1v) is 13.2. The number of carbonyl (C=O) groups is 1. The Kier molecular flexibility index (Phi) is 9.16. The van der Waals surface area contributed by atoms with E-state index >= 15 is 0 Å². The Morgan fingerprint density at radius 2 is 1.90 bits per heavy atom. The molecule has 0 bridgehead atoms. The second kappa shape index (κ2) is 12.2. The van der Waals surface area contributed by atoms with E-state index in [1.54, 1.807) is 27.2 Å². The van der Waals surface area contributed by atoms with Crippen LogP contribution in [0.5, 0.6) is 0 Å². The molecule has 0 unspecified atom stereocenters. The molecular weight excluding hydrogens is 557 g/mol. The molecule has 1 aliphatic heterocycles. The van der Waals surface area contributed by atoms with Crippen molar-refractivity contribution in [1.82, 2.24) is 29.7 Å². The van der Waals surface area contributed by atoms with Crippen molar-refractivity contribution >= 4 is 17.7 Å². The number of carbonyl (C=O) groups excluding carboxylic acids is 1. The summed E-state index contributed by atoms with van der Waals surface area (Å²) in [5.41, 5.74) is -1.29. The monoisotopic (exact) mass is 586 g/mol. The molecule has 2 aromatic heterocycles. The maximum absolute atomic E-state index is 13.8. The zero-order chi connectivity index (χ0) is 29.3. The second-order valence-electron chi connectivity index (χ2n) is 9.30. The van der Waals surface area contributed by atoms with Gasteiger partial charge in [-0.3, -0.25) is 9.48 Å². The van der Waals surface area contributed by atoms with E-state index in [2.05, 4.69) is 15.4 Å². The number of aromatic nitrogens is 5. The minimum absolute atomic E-state index is 0.0864. The summed E-state index contributed by atoms with van der Waals surface area (Å²) in [5, 5.41) is 53.8. The van der Waals surface area contributed by atoms with Crippen LogP contribution in [0.15, 0.2) is 30.6 Å². The number of hydrogen-bond donors (Lipinski definition) is 4. The molecule has 3 heterocycles. The van der Waals surface area contributed by atoms with Gasteiger partial charge in [0.2, 0.25) is 5.91 Å². The molecule has 0 radical (unpaired) electrons. The maximum Gasteiger partial charge on any atom is 0.238 e. The number of rotatable bonds is 9. The van der Waals surface area contributed by atoms with Gasteiger partial charge >= 0.3 is 0 Å². The summed E-state index contributed by atoms with van der Waals surface area (Å²) in [6.45, 7) is 1.40. The molecule has 0 aliphatic carbocycles. The van der Waals surface area contributed by atoms with Gasteiger partial charge in [0.15, 0.2) is 17.5 Å². The van der Waals surface area contributed by atoms with Crippen LogP contribution in [-0.4, -0.2) is 105 Å². The van der Waals surface area contributed by atoms with Gasteiger partial charge in [-0.25, -0.2) is 17.9 Å². The number of halogens is 3. The summed E-state index contributed by atoms with van der Waals surface area (Å²) in [6, 6.07) is 1.68. The van der Waals surface area contributed by atoms with E-state index in [9.17, 15) is 38.4 Å². The number of aliphatic hydroxyl groups is 4. The number of hydrogen-bond acceptors (Lipinski definition) is 10. The predicted molar refractivity (Wildman–Crippen MR) is 135 cm³/mol. The molecule has 1 fully saturated rings. The van der Waals surface area contributed by atoms with Crippen LogP contribution >= 0.6 is 11.8 Å². The SMILES string of the molecule is CCN(C)C(=O)[C@@H](S[C@@H]1O[C@H](CO)[C@H](O)[C@H](n2cc(-c3cc(F)c(F)c(F)c3)nn2)[C@H]1O)[C@H](O)c1ccn(C)n1. The molecule has 4 rings (SSSR count). The number of aliphatic hydroxyl groups excluding tert-OH is 4. The number of aryl methyl sites for hydroxylation is 1. The normalized spacial score (nSPS) is 24.6. The van der Waals surface area contributed by atoms with Crippen molar-refractivity contribution in [3.63, 3.8) is 0 Å². The van der Waals surface area contributed by atoms with E-state index in [-0.39, 0.29) is 17.0 Å². The van der Waals surface area contributed by atoms with Crippen LogP contribution in [0.25, 0.3) is 11.3 Å². The number of amides is 1. The third-order valence-corrected chi connectivity index (χ3v) is 8.05. The van der Waals surface area contributed by atoms with E-state index in [1.165, 1.54) is 21.8 Å². The minimum Gasteiger partial charge on any atom is -0.394 e. The van der Waals surface area contributed by atoms with Gasteiger partial charge in [0.25, 0.3) is 0 Å². The predicted octanol–water partition coefficient (Wildman–Crippen LogP) is 0.390. The molecule has 3 aromatic rings. The van der Waals surface area contributed by atoms with Gasteiger partial charge in [0, 0.05) is 32.4 Å². The van der Waals surface area contributed by atoms with Crippen molar-refractivity contribution in [2.75, 3.05) is 20.2 Å². The van der Waals surface area contributed by atoms with E-state index in [0.29, 0.717) is 6.54 Å². The number of benzene rings is 1. The van der Waals surface area contributed by atoms with Crippen LogP contribution in [-0.2, 0) is 16.6 Å². The third-order valence-electron chi connectivity index (χ3n) is 6.64. The van der Waals surface area contributed by atoms with Crippen LogP contribution < -0.4 is 0 Å². The molecule has 4 N–H and O–H groups in total. The Labute approximate surface area is 231 Å². The van der Waals surface area contributed by atoms with Gasteiger partial charge < -0.3 is 30.1 Å². The lowest BCUT2D eigenvalue weighted by Crippen LogP contribution is -2.56. The fraction of sp³-hybridized carbons (Fsp3) is 0.500. The van der Waals surface area contributed by atoms with E-state index in [0.717, 1.165) is 28.6 Å². The summed E-state index contributed by atoms with van der Waals surface area (Å²) < 4.78 is 49.2. The third kappa shape index (κ3) is 5.87. The zero-order valence-electron chi connectivity index (χ0n) is 21.7. The standard InChI is InChI=1S/C24H29F3N6O6S/c1-4-31(2)23(38)22(19(35)14-5-6-32(3)29-14)40-24-21(37)18(20(36)16(10-34)39-24)33-9-15(28-30-33)11-7-12(25)17(27)13(26)8-11/h5-9,16,18-22,24,34-37H,4,10H2,1-3H3/t16-,18+,19-,20+,21-,22+,24+/m1/s1. The van der Waals surface area contributed by atoms with Crippen LogP contribution in [0.3, 0.4) is 0 Å². The number of thioether (sulfide) groups is 1. The fourth-order valence-electron chi connectivity index (χ4n) is 4.28. The van der Waals surface area contributed by atoms with Crippen LogP contribution in [0.1, 0.15) is 24.8 Å². The maximum atomic E-state index is 13.8. The molecular formula is C24H29F3N6O6S. The first kappa shape index (κ1) is 30.0. The van der Waals surface area contributed by atoms with Gasteiger partial charge in [-0.2, -0.15) is 5.10 Å². The molecule has 16 heteroatoms. The molecule has 7 atom stereocenters. The topological polar surface area (TPSA) is 159 Å². The summed E-state index contributed by atoms with van der Waals surface area (Å²) in [5.74, 6) is -5.01. The Balaban J connectivity index is 1.65. The van der Waals surface area contributed by atoms with Crippen molar-refractivity contribution in [3.05, 3.63) is 53.7 Å². The Morgan fingerprint density at radius 1 is 1.23 bits per heavy atom. The smallest absolute Gasteiger partial charge is 0.238 e. The molecule has 0 spiro atoms. The van der Waals surface area contributed by atoms with Gasteiger partial charge in [-0.05, 0) is 25.1 Å². The number of ether oxygens (including phenoxy) is 1. The summed E-state index contributed by atoms with van der Waals surface area (Å²) in [4.78, 5) is 14.6. The summed E-state index contributed by atoms with van der Waals surface area (Å²) in [7, 11) is 3.19. The molecule has 1 amide bonds. The first-order valence-electron chi connectivity index (χ1n) is 12.2. The lowest BCUT2D eigenvalue weighted by molar-refractivity contribution is -0.178. The average Bonchev–Trinajstić information content (AvgIpc) is 3.59. The Hall–Kier alpha value is -3.02. The Bertz CT molecular complexity index is 1320. The lowest BCUT2D eigenvalue weighted by Gasteiger charge is -2.43. The van der Waals surface area contributed by atoms with Crippen molar-refractivity contribution in [2.24, 2.45) is 7.05 Å².